The molecule has 9 heterocycles. The molecule has 2 amide bonds. The Bertz CT molecular complexity index is 4200. The van der Waals surface area contributed by atoms with Gasteiger partial charge in [-0.05, 0) is 71.2 Å². The zero-order valence-electron chi connectivity index (χ0n) is 54.8. The van der Waals surface area contributed by atoms with Gasteiger partial charge in [-0.1, -0.05) is 120 Å². The summed E-state index contributed by atoms with van der Waals surface area (Å²) in [5.74, 6) is -0.526. The molecule has 6 aromatic heterocycles. The van der Waals surface area contributed by atoms with Crippen LogP contribution in [0.25, 0.3) is 22.3 Å². The number of carbonyl (C=O) groups excluding carboxylic acids is 2. The third-order valence-electron chi connectivity index (χ3n) is 17.7. The van der Waals surface area contributed by atoms with E-state index in [9.17, 15) is 24.2 Å². The van der Waals surface area contributed by atoms with E-state index in [1.807, 2.05) is 129 Å². The lowest BCUT2D eigenvalue weighted by Gasteiger charge is -2.46. The molecular formula is C69H76FN12O13PSi. The van der Waals surface area contributed by atoms with Crippen molar-refractivity contribution >= 4 is 62.8 Å². The molecule has 3 fully saturated rings. The number of fused-ring (bicyclic) bond motifs is 4. The number of nitrogens with zero attached hydrogens (tertiary/aromatic N) is 7. The highest BCUT2D eigenvalue weighted by Gasteiger charge is 2.71. The fraction of sp³-hybridized carbons (Fsp3) is 0.333. The van der Waals surface area contributed by atoms with E-state index in [0.717, 1.165) is 0 Å². The summed E-state index contributed by atoms with van der Waals surface area (Å²) in [7, 11) is -3.68. The van der Waals surface area contributed by atoms with Crippen LogP contribution >= 0.6 is 8.60 Å². The predicted molar refractivity (Wildman–Crippen MR) is 354 cm³/mol. The number of benzene rings is 4. The fourth-order valence-electron chi connectivity index (χ4n) is 11.8. The zero-order chi connectivity index (χ0) is 68.7. The number of ether oxygens (including phenoxy) is 6. The maximum absolute atomic E-state index is 18.7. The highest BCUT2D eigenvalue weighted by molar-refractivity contribution is 7.36. The van der Waals surface area contributed by atoms with Crippen molar-refractivity contribution in [2.45, 2.75) is 113 Å². The number of hydrogen-bond acceptors (Lipinski definition) is 18. The van der Waals surface area contributed by atoms with Crippen LogP contribution in [-0.2, 0) is 44.0 Å². The first kappa shape index (κ1) is 69.2. The molecule has 2 bridgehead atoms. The van der Waals surface area contributed by atoms with E-state index in [2.05, 4.69) is 71.3 Å². The van der Waals surface area contributed by atoms with Gasteiger partial charge in [0, 0.05) is 42.2 Å². The molecule has 3 aliphatic heterocycles. The summed E-state index contributed by atoms with van der Waals surface area (Å²) in [6.45, 7) is 12.8. The van der Waals surface area contributed by atoms with Crippen LogP contribution < -0.4 is 45.4 Å². The first-order valence-electron chi connectivity index (χ1n) is 31.4. The molecule has 25 nitrogen and oxygen atoms in total. The van der Waals surface area contributed by atoms with Gasteiger partial charge >= 0.3 is 0 Å². The third-order valence-corrected chi connectivity index (χ3v) is 22.6. The Morgan fingerprint density at radius 3 is 1.88 bits per heavy atom. The molecule has 28 heteroatoms. The van der Waals surface area contributed by atoms with Gasteiger partial charge < -0.3 is 52.5 Å². The molecule has 506 valence electrons. The van der Waals surface area contributed by atoms with Crippen LogP contribution in [0.4, 0.5) is 16.2 Å². The number of aromatic nitrogens is 10. The van der Waals surface area contributed by atoms with Crippen LogP contribution in [0.5, 0.6) is 11.5 Å². The van der Waals surface area contributed by atoms with E-state index in [0.29, 0.717) is 33.8 Å². The summed E-state index contributed by atoms with van der Waals surface area (Å²) in [4.78, 5) is 98.5. The number of anilines is 2. The number of rotatable bonds is 20. The van der Waals surface area contributed by atoms with Gasteiger partial charge in [0.05, 0.1) is 40.1 Å². The number of methoxy groups -OCH3 is 2. The largest absolute Gasteiger partial charge is 0.820 e. The predicted octanol–water partition coefficient (Wildman–Crippen LogP) is 8.00. The molecule has 0 spiro atoms. The van der Waals surface area contributed by atoms with Crippen molar-refractivity contribution in [2.75, 3.05) is 38.1 Å². The van der Waals surface area contributed by atoms with E-state index in [-0.39, 0.29) is 40.7 Å². The zero-order valence-corrected chi connectivity index (χ0v) is 56.7. The van der Waals surface area contributed by atoms with Gasteiger partial charge in [0.15, 0.2) is 79.4 Å². The molecule has 3 saturated heterocycles. The molecule has 8 atom stereocenters. The summed E-state index contributed by atoms with van der Waals surface area (Å²) in [5.41, 5.74) is -4.27. The number of aromatic amines is 3. The lowest BCUT2D eigenvalue weighted by molar-refractivity contribution is -0.378. The summed E-state index contributed by atoms with van der Waals surface area (Å²) >= 11 is 0. The van der Waals surface area contributed by atoms with Gasteiger partial charge in [0.1, 0.15) is 53.4 Å². The second-order valence-corrected chi connectivity index (χ2v) is 30.6. The summed E-state index contributed by atoms with van der Waals surface area (Å²) in [6.07, 6.45) is 1.69. The Kier molecular flexibility index (Phi) is 20.9. The molecule has 5 N–H and O–H groups in total. The van der Waals surface area contributed by atoms with E-state index in [1.54, 1.807) is 87.2 Å². The smallest absolute Gasteiger partial charge is 0.280 e. The highest BCUT2D eigenvalue weighted by Crippen LogP contribution is 2.58. The number of imidazole rings is 2. The number of pyridine rings is 2. The minimum atomic E-state index is -3.89. The SMILES string of the molecule is COc1ccc(C(OC[C@H]2O[C@@](C[C@]34CO[C@@H]([C@H](n5cnc6c(NC(=O)c7ccccc7)ncnc65)O3)[C@@H]4O[Si](C)(C)C(C)(C)C)(n3cnc4c(=O)[nH]c(NC(=O)C(C)C)nc43)[C@H](OP([O-])[O-])[C@H]2F)(c2ccccc2)c2ccc(OC)cc2)cc1.c1cc[nH+]cc1.c1cc[nH+]cc1. The summed E-state index contributed by atoms with van der Waals surface area (Å²) in [5, 5.41) is 5.06. The van der Waals surface area contributed by atoms with Gasteiger partial charge in [0.25, 0.3) is 11.5 Å². The van der Waals surface area contributed by atoms with Crippen LogP contribution in [0.2, 0.25) is 18.1 Å². The number of carbonyl (C=O) groups is 2. The molecule has 3 aliphatic rings. The minimum Gasteiger partial charge on any atom is -0.820 e. The normalized spacial score (nSPS) is 21.4. The molecule has 0 unspecified atom stereocenters. The van der Waals surface area contributed by atoms with E-state index >= 15 is 4.39 Å². The van der Waals surface area contributed by atoms with Gasteiger partial charge in [-0.15, -0.1) is 0 Å². The Balaban J connectivity index is 0.000000718. The van der Waals surface area contributed by atoms with Crippen LogP contribution in [0.3, 0.4) is 0 Å². The van der Waals surface area contributed by atoms with Crippen molar-refractivity contribution in [3.63, 3.8) is 0 Å². The summed E-state index contributed by atoms with van der Waals surface area (Å²) in [6, 6.07) is 44.0. The first-order valence-corrected chi connectivity index (χ1v) is 35.4. The van der Waals surface area contributed by atoms with Crippen molar-refractivity contribution < 1.29 is 71.1 Å². The number of halogens is 1. The third kappa shape index (κ3) is 14.3. The van der Waals surface area contributed by atoms with Gasteiger partial charge in [-0.25, -0.2) is 34.3 Å². The van der Waals surface area contributed by atoms with Gasteiger partial charge in [-0.3, -0.25) is 33.8 Å². The lowest BCUT2D eigenvalue weighted by Crippen LogP contribution is -2.57. The first-order chi connectivity index (χ1) is 46.6. The second-order valence-electron chi connectivity index (χ2n) is 25.2. The van der Waals surface area contributed by atoms with E-state index in [4.69, 9.17) is 37.4 Å². The van der Waals surface area contributed by atoms with Crippen LogP contribution in [-0.4, -0.2) is 123 Å². The maximum Gasteiger partial charge on any atom is 0.280 e. The van der Waals surface area contributed by atoms with E-state index < -0.39 is 112 Å². The monoisotopic (exact) mass is 1360 g/mol. The highest BCUT2D eigenvalue weighted by atomic mass is 31.2. The molecule has 97 heavy (non-hydrogen) atoms. The molecule has 13 rings (SSSR count). The van der Waals surface area contributed by atoms with Crippen molar-refractivity contribution in [1.82, 2.24) is 39.0 Å². The Morgan fingerprint density at radius 1 is 0.753 bits per heavy atom. The maximum atomic E-state index is 18.7. The summed E-state index contributed by atoms with van der Waals surface area (Å²) < 4.78 is 74.5. The standard InChI is InChI=1S/C59H64FN10O13PSi.2C5H5N/c1-34(2)51(71)67-55-66-50-44(53(73)68-55)64-33-70(50)58(46(82-84(74)75)42(60)41(80-58)28-79-59(36-18-14-11-15-19-36,37-20-24-39(76-6)25-21-37)38-22-26-40(77-7)27-23-38)29-57-30-78-45(47(57)83-85(8,9)56(3,4)5)54(81-57)69-32-63-43-48(61-31-62-49(43)69)65-52(72)35-16-12-10-13-17-35;2*1-2-4-6-5-3-1/h10-27,31-34,41-42,45-47,54H,28-30H2,1-9H3,(H,61,62,65,72)(H2,66,67,68,71,73);2*1-5H/q-2;;/p+2/t41-,42+,45-,46-,47+,54-,57-,58-;;/m1../s1. The number of amides is 2. The molecule has 0 radical (unpaired) electrons. The van der Waals surface area contributed by atoms with Crippen molar-refractivity contribution in [1.29, 1.82) is 0 Å². The molecular weight excluding hydrogens is 1280 g/mol. The quantitative estimate of drug-likeness (QED) is 0.0369. The van der Waals surface area contributed by atoms with Gasteiger partial charge in [-0.2, -0.15) is 13.6 Å². The Labute approximate surface area is 560 Å². The molecule has 0 saturated carbocycles. The average Bonchev–Trinajstić information content (AvgIpc) is 1.54. The molecule has 4 aromatic carbocycles. The Hall–Kier alpha value is -9.12. The number of nitrogens with one attached hydrogen (secondary N) is 5. The lowest BCUT2D eigenvalue weighted by atomic mass is 9.80. The van der Waals surface area contributed by atoms with Crippen molar-refractivity contribution in [3.05, 3.63) is 222 Å². The average molecular weight is 1360 g/mol. The Morgan fingerprint density at radius 2 is 1.33 bits per heavy atom. The number of hydrogen-bond donors (Lipinski definition) is 3. The minimum absolute atomic E-state index is 0.117. The molecule has 10 aromatic rings. The number of alkyl halides is 1. The van der Waals surface area contributed by atoms with Gasteiger partial charge in [0.2, 0.25) is 11.9 Å². The fourth-order valence-corrected chi connectivity index (χ4v) is 13.6. The van der Waals surface area contributed by atoms with Crippen molar-refractivity contribution in [2.24, 2.45) is 5.92 Å². The van der Waals surface area contributed by atoms with Crippen molar-refractivity contribution in [3.8, 4) is 11.5 Å². The van der Waals surface area contributed by atoms with E-state index in [1.165, 1.54) is 23.5 Å². The van der Waals surface area contributed by atoms with Crippen LogP contribution in [0.15, 0.2) is 194 Å². The second kappa shape index (κ2) is 29.3. The number of H-pyrrole nitrogens is 3. The topological polar surface area (TPSA) is 314 Å². The molecule has 0 aliphatic carbocycles. The van der Waals surface area contributed by atoms with Crippen LogP contribution in [0.1, 0.15) is 74.3 Å². The van der Waals surface area contributed by atoms with Crippen LogP contribution in [0, 0.1) is 5.92 Å².